The average molecular weight is 627 g/mol. The fraction of sp³-hybridized carbons (Fsp3) is 0.0638. The minimum absolute atomic E-state index is 0.0780. The van der Waals surface area contributed by atoms with Crippen LogP contribution in [-0.2, 0) is 5.41 Å². The normalized spacial score (nSPS) is 12.9. The van der Waals surface area contributed by atoms with Crippen molar-refractivity contribution in [2.45, 2.75) is 19.3 Å². The van der Waals surface area contributed by atoms with Gasteiger partial charge in [0.2, 0.25) is 0 Å². The highest BCUT2D eigenvalue weighted by Crippen LogP contribution is 2.51. The fourth-order valence-corrected chi connectivity index (χ4v) is 7.41. The summed E-state index contributed by atoms with van der Waals surface area (Å²) < 4.78 is 0. The van der Waals surface area contributed by atoms with E-state index < -0.39 is 0 Å². The Labute approximate surface area is 287 Å². The first kappa shape index (κ1) is 29.1. The molecule has 232 valence electrons. The molecule has 0 fully saturated rings. The molecular formula is C47H34N2. The average Bonchev–Trinajstić information content (AvgIpc) is 3.39. The largest absolute Gasteiger partial charge is 0.228 e. The summed E-state index contributed by atoms with van der Waals surface area (Å²) in [5.41, 5.74) is 15.1. The quantitative estimate of drug-likeness (QED) is 0.190. The molecule has 0 radical (unpaired) electrons. The number of aromatic nitrogens is 2. The molecule has 2 nitrogen and oxygen atoms in total. The number of benzene rings is 7. The lowest BCUT2D eigenvalue weighted by molar-refractivity contribution is 0.661. The van der Waals surface area contributed by atoms with Gasteiger partial charge in [-0.05, 0) is 91.7 Å². The van der Waals surface area contributed by atoms with Crippen LogP contribution in [0.3, 0.4) is 0 Å². The third-order valence-electron chi connectivity index (χ3n) is 10.1. The van der Waals surface area contributed by atoms with Crippen molar-refractivity contribution in [3.05, 3.63) is 181 Å². The number of fused-ring (bicyclic) bond motifs is 4. The van der Waals surface area contributed by atoms with Gasteiger partial charge in [0, 0.05) is 22.1 Å². The van der Waals surface area contributed by atoms with Crippen molar-refractivity contribution in [3.8, 4) is 67.3 Å². The minimum Gasteiger partial charge on any atom is -0.228 e. The van der Waals surface area contributed by atoms with Gasteiger partial charge in [-0.1, -0.05) is 147 Å². The molecule has 0 atom stereocenters. The van der Waals surface area contributed by atoms with Crippen molar-refractivity contribution in [1.29, 1.82) is 0 Å². The maximum atomic E-state index is 5.07. The number of nitrogens with zero attached hydrogens (tertiary/aromatic N) is 2. The van der Waals surface area contributed by atoms with Crippen molar-refractivity contribution in [3.63, 3.8) is 0 Å². The van der Waals surface area contributed by atoms with Gasteiger partial charge in [-0.2, -0.15) is 0 Å². The van der Waals surface area contributed by atoms with Crippen LogP contribution >= 0.6 is 0 Å². The Balaban J connectivity index is 1.09. The van der Waals surface area contributed by atoms with Crippen molar-refractivity contribution in [2.24, 2.45) is 0 Å². The van der Waals surface area contributed by atoms with E-state index in [9.17, 15) is 0 Å². The summed E-state index contributed by atoms with van der Waals surface area (Å²) in [6.45, 7) is 4.72. The van der Waals surface area contributed by atoms with E-state index in [0.29, 0.717) is 0 Å². The van der Waals surface area contributed by atoms with E-state index in [0.717, 1.165) is 39.5 Å². The number of rotatable bonds is 5. The first-order valence-corrected chi connectivity index (χ1v) is 16.9. The zero-order valence-corrected chi connectivity index (χ0v) is 27.6. The summed E-state index contributed by atoms with van der Waals surface area (Å²) in [4.78, 5) is 10.0. The molecule has 1 aliphatic carbocycles. The molecule has 1 heterocycles. The van der Waals surface area contributed by atoms with Crippen LogP contribution in [0.25, 0.3) is 78.1 Å². The lowest BCUT2D eigenvalue weighted by Crippen LogP contribution is -2.15. The van der Waals surface area contributed by atoms with Crippen LogP contribution in [-0.4, -0.2) is 9.97 Å². The summed E-state index contributed by atoms with van der Waals surface area (Å²) in [5.74, 6) is 0.721. The zero-order valence-electron chi connectivity index (χ0n) is 27.6. The highest BCUT2D eigenvalue weighted by Gasteiger charge is 2.35. The molecule has 49 heavy (non-hydrogen) atoms. The van der Waals surface area contributed by atoms with E-state index in [2.05, 4.69) is 159 Å². The fourth-order valence-electron chi connectivity index (χ4n) is 7.41. The first-order valence-electron chi connectivity index (χ1n) is 16.9. The van der Waals surface area contributed by atoms with Crippen LogP contribution in [0.4, 0.5) is 0 Å². The van der Waals surface area contributed by atoms with E-state index in [1.165, 1.54) is 49.7 Å². The highest BCUT2D eigenvalue weighted by atomic mass is 14.9. The predicted molar refractivity (Wildman–Crippen MR) is 204 cm³/mol. The van der Waals surface area contributed by atoms with Gasteiger partial charge in [0.05, 0.1) is 11.4 Å². The molecule has 0 N–H and O–H groups in total. The molecule has 7 aromatic carbocycles. The summed E-state index contributed by atoms with van der Waals surface area (Å²) in [6, 6.07) is 60.7. The molecule has 0 saturated carbocycles. The van der Waals surface area contributed by atoms with Crippen molar-refractivity contribution in [1.82, 2.24) is 9.97 Å². The van der Waals surface area contributed by atoms with Crippen LogP contribution in [0.15, 0.2) is 170 Å². The second kappa shape index (κ2) is 11.5. The SMILES string of the molecule is CC1(C)c2cc(-c3cccc(-c4cccc(-c5cc(-c6ccccc6)nc(-c6ccccc6)n5)c4)c3)ccc2-c2cc3ccccc3cc21. The van der Waals surface area contributed by atoms with Crippen molar-refractivity contribution >= 4 is 10.8 Å². The summed E-state index contributed by atoms with van der Waals surface area (Å²) in [6.07, 6.45) is 0. The lowest BCUT2D eigenvalue weighted by atomic mass is 9.81. The Kier molecular flexibility index (Phi) is 6.84. The van der Waals surface area contributed by atoms with Crippen molar-refractivity contribution < 1.29 is 0 Å². The van der Waals surface area contributed by atoms with Gasteiger partial charge in [-0.3, -0.25) is 0 Å². The van der Waals surface area contributed by atoms with E-state index in [1.54, 1.807) is 0 Å². The Hall–Kier alpha value is -6.12. The highest BCUT2D eigenvalue weighted by molar-refractivity contribution is 5.94. The van der Waals surface area contributed by atoms with E-state index >= 15 is 0 Å². The summed E-state index contributed by atoms with van der Waals surface area (Å²) in [7, 11) is 0. The second-order valence-corrected chi connectivity index (χ2v) is 13.5. The molecule has 8 aromatic rings. The molecule has 1 aromatic heterocycles. The Morgan fingerprint density at radius 2 is 0.837 bits per heavy atom. The van der Waals surface area contributed by atoms with Gasteiger partial charge < -0.3 is 0 Å². The molecule has 0 aliphatic heterocycles. The second-order valence-electron chi connectivity index (χ2n) is 13.5. The molecule has 0 amide bonds. The predicted octanol–water partition coefficient (Wildman–Crippen LogP) is 12.3. The van der Waals surface area contributed by atoms with Crippen molar-refractivity contribution in [2.75, 3.05) is 0 Å². The van der Waals surface area contributed by atoms with E-state index in [-0.39, 0.29) is 5.41 Å². The minimum atomic E-state index is -0.0780. The van der Waals surface area contributed by atoms with Crippen LogP contribution in [0, 0.1) is 0 Å². The topological polar surface area (TPSA) is 25.8 Å². The molecular weight excluding hydrogens is 593 g/mol. The summed E-state index contributed by atoms with van der Waals surface area (Å²) >= 11 is 0. The molecule has 9 rings (SSSR count). The molecule has 0 unspecified atom stereocenters. The maximum Gasteiger partial charge on any atom is 0.160 e. The third kappa shape index (κ3) is 5.14. The van der Waals surface area contributed by atoms with Crippen LogP contribution in [0.5, 0.6) is 0 Å². The summed E-state index contributed by atoms with van der Waals surface area (Å²) in [5, 5.41) is 2.59. The van der Waals surface area contributed by atoms with Gasteiger partial charge in [0.15, 0.2) is 5.82 Å². The molecule has 0 saturated heterocycles. The Morgan fingerprint density at radius 1 is 0.347 bits per heavy atom. The van der Waals surface area contributed by atoms with E-state index in [1.807, 2.05) is 24.3 Å². The van der Waals surface area contributed by atoms with Gasteiger partial charge >= 0.3 is 0 Å². The monoisotopic (exact) mass is 626 g/mol. The molecule has 1 aliphatic rings. The standard InChI is InChI=1S/C47H34N2/c1-47(2)42-29-38(23-24-40(42)41-27-36-17-9-10-18-37(36)28-43(41)47)34-20-11-19-33(25-34)35-21-12-22-39(26-35)45-30-44(31-13-5-3-6-14-31)48-46(49-45)32-15-7-4-8-16-32/h3-30H,1-2H3. The molecule has 0 bridgehead atoms. The van der Waals surface area contributed by atoms with Crippen LogP contribution in [0.1, 0.15) is 25.0 Å². The van der Waals surface area contributed by atoms with Crippen LogP contribution < -0.4 is 0 Å². The van der Waals surface area contributed by atoms with Gasteiger partial charge in [-0.25, -0.2) is 9.97 Å². The Morgan fingerprint density at radius 3 is 1.51 bits per heavy atom. The Bertz CT molecular complexity index is 2450. The molecule has 0 spiro atoms. The lowest BCUT2D eigenvalue weighted by Gasteiger charge is -2.22. The van der Waals surface area contributed by atoms with Gasteiger partial charge in [0.1, 0.15) is 0 Å². The third-order valence-corrected chi connectivity index (χ3v) is 10.1. The van der Waals surface area contributed by atoms with Gasteiger partial charge in [0.25, 0.3) is 0 Å². The van der Waals surface area contributed by atoms with Crippen LogP contribution in [0.2, 0.25) is 0 Å². The zero-order chi connectivity index (χ0) is 33.0. The number of hydrogen-bond donors (Lipinski definition) is 0. The molecule has 2 heteroatoms. The van der Waals surface area contributed by atoms with E-state index in [4.69, 9.17) is 9.97 Å². The smallest absolute Gasteiger partial charge is 0.160 e. The van der Waals surface area contributed by atoms with Gasteiger partial charge in [-0.15, -0.1) is 0 Å². The number of hydrogen-bond acceptors (Lipinski definition) is 2. The maximum absolute atomic E-state index is 5.07. The first-order chi connectivity index (χ1) is 24.0.